The van der Waals surface area contributed by atoms with E-state index in [2.05, 4.69) is 0 Å². The van der Waals surface area contributed by atoms with E-state index in [9.17, 15) is 13.2 Å². The first kappa shape index (κ1) is 16.9. The number of amides is 1. The Labute approximate surface area is 134 Å². The highest BCUT2D eigenvalue weighted by Crippen LogP contribution is 2.38. The van der Waals surface area contributed by atoms with Gasteiger partial charge in [-0.15, -0.1) is 0 Å². The number of rotatable bonds is 5. The van der Waals surface area contributed by atoms with Crippen molar-refractivity contribution in [3.63, 3.8) is 0 Å². The zero-order valence-electron chi connectivity index (χ0n) is 12.4. The summed E-state index contributed by atoms with van der Waals surface area (Å²) in [6.07, 6.45) is 0.477. The van der Waals surface area contributed by atoms with Gasteiger partial charge in [-0.1, -0.05) is 25.4 Å². The normalized spacial score (nSPS) is 14.0. The minimum atomic E-state index is -3.67. The van der Waals surface area contributed by atoms with Gasteiger partial charge in [0.05, 0.1) is 10.8 Å². The summed E-state index contributed by atoms with van der Waals surface area (Å²) in [5.74, 6) is 0.1000. The highest BCUT2D eigenvalue weighted by Gasteiger charge is 2.22. The minimum absolute atomic E-state index is 0.102. The molecule has 0 aliphatic carbocycles. The fourth-order valence-corrected chi connectivity index (χ4v) is 3.43. The van der Waals surface area contributed by atoms with Crippen LogP contribution in [-0.4, -0.2) is 33.3 Å². The number of hydrogen-bond acceptors (Lipinski definition) is 5. The fraction of sp³-hybridized carbons (Fsp3) is 0.500. The average molecular weight is 348 g/mol. The molecule has 1 aromatic rings. The Kier molecular flexibility index (Phi) is 5.18. The van der Waals surface area contributed by atoms with Crippen LogP contribution in [0.4, 0.5) is 0 Å². The summed E-state index contributed by atoms with van der Waals surface area (Å²) in [7, 11) is -3.67. The number of carbonyl (C=O) groups is 1. The molecule has 122 valence electrons. The van der Waals surface area contributed by atoms with Gasteiger partial charge in [0.1, 0.15) is 13.2 Å². The first-order valence-electron chi connectivity index (χ1n) is 6.92. The van der Waals surface area contributed by atoms with Gasteiger partial charge in [-0.2, -0.15) is 0 Å². The van der Waals surface area contributed by atoms with Crippen LogP contribution in [0.25, 0.3) is 0 Å². The highest BCUT2D eigenvalue weighted by molar-refractivity contribution is 7.90. The maximum Gasteiger partial charge on any atom is 0.264 e. The third-order valence-electron chi connectivity index (χ3n) is 3.07. The lowest BCUT2D eigenvalue weighted by molar-refractivity contribution is 0.0980. The molecule has 22 heavy (non-hydrogen) atoms. The number of benzene rings is 1. The molecule has 0 radical (unpaired) electrons. The van der Waals surface area contributed by atoms with Crippen LogP contribution in [0.1, 0.15) is 30.6 Å². The molecule has 1 N–H and O–H groups in total. The molecule has 0 saturated heterocycles. The van der Waals surface area contributed by atoms with Crippen LogP contribution in [0.5, 0.6) is 11.5 Å². The van der Waals surface area contributed by atoms with Gasteiger partial charge >= 0.3 is 0 Å². The molecule has 0 atom stereocenters. The van der Waals surface area contributed by atoms with Crippen LogP contribution in [0.2, 0.25) is 5.02 Å². The Morgan fingerprint density at radius 1 is 1.32 bits per heavy atom. The summed E-state index contributed by atoms with van der Waals surface area (Å²) in [4.78, 5) is 12.1. The molecule has 1 aliphatic rings. The number of fused-ring (bicyclic) bond motifs is 1. The number of sulfonamides is 1. The van der Waals surface area contributed by atoms with Crippen LogP contribution < -0.4 is 14.2 Å². The third-order valence-corrected chi connectivity index (χ3v) is 4.62. The molecule has 0 spiro atoms. The van der Waals surface area contributed by atoms with E-state index in [1.807, 2.05) is 18.6 Å². The molecule has 1 aliphatic heterocycles. The first-order chi connectivity index (χ1) is 10.3. The van der Waals surface area contributed by atoms with E-state index in [0.29, 0.717) is 31.1 Å². The summed E-state index contributed by atoms with van der Waals surface area (Å²) in [5, 5.41) is 0.210. The van der Waals surface area contributed by atoms with Gasteiger partial charge in [-0.3, -0.25) is 4.79 Å². The van der Waals surface area contributed by atoms with Gasteiger partial charge in [0.25, 0.3) is 5.91 Å². The molecule has 8 heteroatoms. The van der Waals surface area contributed by atoms with Crippen LogP contribution in [-0.2, 0) is 10.0 Å². The molecule has 1 heterocycles. The SMILES string of the molecule is CC(C)CCS(=O)(=O)NC(=O)c1cc(Cl)c2c(c1)OCCO2. The maximum atomic E-state index is 12.1. The Morgan fingerprint density at radius 2 is 2.00 bits per heavy atom. The smallest absolute Gasteiger partial charge is 0.264 e. The standard InChI is InChI=1S/C14H18ClNO5S/c1-9(2)3-6-22(18,19)16-14(17)10-7-11(15)13-12(8-10)20-4-5-21-13/h7-9H,3-6H2,1-2H3,(H,16,17). The summed E-state index contributed by atoms with van der Waals surface area (Å²) in [6.45, 7) is 4.55. The van der Waals surface area contributed by atoms with Gasteiger partial charge in [0.15, 0.2) is 11.5 Å². The van der Waals surface area contributed by atoms with Gasteiger partial charge < -0.3 is 9.47 Å². The Hall–Kier alpha value is -1.47. The van der Waals surface area contributed by atoms with E-state index in [1.54, 1.807) is 0 Å². The monoisotopic (exact) mass is 347 g/mol. The van der Waals surface area contributed by atoms with Crippen molar-refractivity contribution in [2.24, 2.45) is 5.92 Å². The zero-order chi connectivity index (χ0) is 16.3. The number of halogens is 1. The molecular weight excluding hydrogens is 330 g/mol. The van der Waals surface area contributed by atoms with E-state index in [4.69, 9.17) is 21.1 Å². The molecule has 1 amide bonds. The Morgan fingerprint density at radius 3 is 2.68 bits per heavy atom. The van der Waals surface area contributed by atoms with Crippen molar-refractivity contribution < 1.29 is 22.7 Å². The van der Waals surface area contributed by atoms with E-state index in [1.165, 1.54) is 12.1 Å². The molecular formula is C14H18ClNO5S. The van der Waals surface area contributed by atoms with Gasteiger partial charge in [-0.25, -0.2) is 13.1 Å². The van der Waals surface area contributed by atoms with E-state index in [-0.39, 0.29) is 22.3 Å². The maximum absolute atomic E-state index is 12.1. The number of carbonyl (C=O) groups excluding carboxylic acids is 1. The fourth-order valence-electron chi connectivity index (χ4n) is 1.88. The van der Waals surface area contributed by atoms with Gasteiger partial charge in [-0.05, 0) is 24.5 Å². The summed E-state index contributed by atoms with van der Waals surface area (Å²) in [5.41, 5.74) is 0.113. The molecule has 0 unspecified atom stereocenters. The lowest BCUT2D eigenvalue weighted by Gasteiger charge is -2.20. The second-order valence-corrected chi connectivity index (χ2v) is 7.66. The molecule has 0 saturated carbocycles. The predicted octanol–water partition coefficient (Wildman–Crippen LogP) is 2.22. The van der Waals surface area contributed by atoms with Gasteiger partial charge in [0, 0.05) is 5.56 Å². The van der Waals surface area contributed by atoms with Crippen molar-refractivity contribution in [2.75, 3.05) is 19.0 Å². The van der Waals surface area contributed by atoms with Crippen molar-refractivity contribution in [3.8, 4) is 11.5 Å². The largest absolute Gasteiger partial charge is 0.486 e. The van der Waals surface area contributed by atoms with Crippen LogP contribution in [0.15, 0.2) is 12.1 Å². The first-order valence-corrected chi connectivity index (χ1v) is 8.95. The van der Waals surface area contributed by atoms with E-state index < -0.39 is 15.9 Å². The van der Waals surface area contributed by atoms with Crippen molar-refractivity contribution in [2.45, 2.75) is 20.3 Å². The van der Waals surface area contributed by atoms with Gasteiger partial charge in [0.2, 0.25) is 10.0 Å². The Bertz CT molecular complexity index is 672. The van der Waals surface area contributed by atoms with Crippen molar-refractivity contribution in [1.29, 1.82) is 0 Å². The molecule has 0 fully saturated rings. The van der Waals surface area contributed by atoms with E-state index in [0.717, 1.165) is 0 Å². The van der Waals surface area contributed by atoms with Crippen LogP contribution in [0.3, 0.4) is 0 Å². The van der Waals surface area contributed by atoms with Crippen molar-refractivity contribution in [1.82, 2.24) is 4.72 Å². The molecule has 1 aromatic carbocycles. The molecule has 6 nitrogen and oxygen atoms in total. The Balaban J connectivity index is 2.15. The summed E-state index contributed by atoms with van der Waals surface area (Å²) in [6, 6.07) is 2.79. The highest BCUT2D eigenvalue weighted by atomic mass is 35.5. The third kappa shape index (κ3) is 4.27. The molecule has 0 aromatic heterocycles. The topological polar surface area (TPSA) is 81.7 Å². The average Bonchev–Trinajstić information content (AvgIpc) is 2.45. The second-order valence-electron chi connectivity index (χ2n) is 5.41. The second kappa shape index (κ2) is 6.75. The van der Waals surface area contributed by atoms with Crippen LogP contribution >= 0.6 is 11.6 Å². The quantitative estimate of drug-likeness (QED) is 0.883. The minimum Gasteiger partial charge on any atom is -0.486 e. The van der Waals surface area contributed by atoms with Crippen LogP contribution in [0, 0.1) is 5.92 Å². The summed E-state index contributed by atoms with van der Waals surface area (Å²) >= 11 is 6.03. The number of hydrogen-bond donors (Lipinski definition) is 1. The summed E-state index contributed by atoms with van der Waals surface area (Å²) < 4.78 is 36.5. The lowest BCUT2D eigenvalue weighted by atomic mass is 10.2. The zero-order valence-corrected chi connectivity index (χ0v) is 14.0. The molecule has 2 rings (SSSR count). The number of ether oxygens (including phenoxy) is 2. The number of nitrogens with one attached hydrogen (secondary N) is 1. The molecule has 0 bridgehead atoms. The van der Waals surface area contributed by atoms with Crippen molar-refractivity contribution in [3.05, 3.63) is 22.7 Å². The van der Waals surface area contributed by atoms with Crippen molar-refractivity contribution >= 4 is 27.5 Å². The van der Waals surface area contributed by atoms with E-state index >= 15 is 0 Å². The predicted molar refractivity (Wildman–Crippen MR) is 83.2 cm³/mol. The lowest BCUT2D eigenvalue weighted by Crippen LogP contribution is -2.33.